The van der Waals surface area contributed by atoms with E-state index >= 15 is 0 Å². The second kappa shape index (κ2) is 5.30. The highest BCUT2D eigenvalue weighted by molar-refractivity contribution is 9.10. The molecule has 5 nitrogen and oxygen atoms in total. The van der Waals surface area contributed by atoms with E-state index in [1.807, 2.05) is 6.92 Å². The van der Waals surface area contributed by atoms with Gasteiger partial charge in [0.05, 0.1) is 5.69 Å². The number of nitrogen functional groups attached to an aromatic ring is 1. The van der Waals surface area contributed by atoms with E-state index in [-0.39, 0.29) is 10.8 Å². The fourth-order valence-corrected chi connectivity index (χ4v) is 3.90. The number of halogens is 2. The van der Waals surface area contributed by atoms with Crippen molar-refractivity contribution < 1.29 is 12.8 Å². The number of sulfonamides is 1. The minimum atomic E-state index is -4.06. The van der Waals surface area contributed by atoms with E-state index in [1.165, 1.54) is 11.3 Å². The zero-order chi connectivity index (χ0) is 15.1. The molecular weight excluding hydrogens is 369 g/mol. The molecule has 0 unspecified atom stereocenters. The molecule has 0 atom stereocenters. The zero-order valence-corrected chi connectivity index (χ0v) is 13.8. The molecule has 3 N–H and O–H groups in total. The average molecular weight is 380 g/mol. The van der Waals surface area contributed by atoms with Crippen LogP contribution in [-0.4, -0.2) is 13.4 Å². The van der Waals surface area contributed by atoms with E-state index in [1.54, 1.807) is 6.92 Å². The summed E-state index contributed by atoms with van der Waals surface area (Å²) in [5, 5.41) is 0.195. The van der Waals surface area contributed by atoms with Gasteiger partial charge in [-0.25, -0.2) is 17.8 Å². The predicted octanol–water partition coefficient (Wildman–Crippen LogP) is 3.04. The SMILES string of the molecule is Cc1nc(NS(=O)(=O)c2cc(N)c(Br)cc2F)sc1C. The Bertz CT molecular complexity index is 755. The zero-order valence-electron chi connectivity index (χ0n) is 10.6. The van der Waals surface area contributed by atoms with Gasteiger partial charge in [0, 0.05) is 15.0 Å². The third-order valence-electron chi connectivity index (χ3n) is 2.59. The summed E-state index contributed by atoms with van der Waals surface area (Å²) < 4.78 is 40.6. The normalized spacial score (nSPS) is 11.6. The molecular formula is C11H11BrFN3O2S2. The van der Waals surface area contributed by atoms with E-state index in [0.717, 1.165) is 22.7 Å². The molecule has 9 heteroatoms. The van der Waals surface area contributed by atoms with Crippen molar-refractivity contribution in [2.45, 2.75) is 18.7 Å². The van der Waals surface area contributed by atoms with Gasteiger partial charge < -0.3 is 5.73 Å². The number of hydrogen-bond acceptors (Lipinski definition) is 5. The highest BCUT2D eigenvalue weighted by Crippen LogP contribution is 2.29. The van der Waals surface area contributed by atoms with Crippen molar-refractivity contribution in [1.82, 2.24) is 4.98 Å². The van der Waals surface area contributed by atoms with Gasteiger partial charge in [-0.15, -0.1) is 11.3 Å². The maximum atomic E-state index is 13.8. The topological polar surface area (TPSA) is 85.1 Å². The molecule has 0 bridgehead atoms. The standard InChI is InChI=1S/C11H11BrFN3O2S2/c1-5-6(2)19-11(15-5)16-20(17,18)10-4-9(14)7(12)3-8(10)13/h3-4H,14H2,1-2H3,(H,15,16). The number of aromatic nitrogens is 1. The number of hydrogen-bond donors (Lipinski definition) is 2. The van der Waals surface area contributed by atoms with Crippen LogP contribution >= 0.6 is 27.3 Å². The highest BCUT2D eigenvalue weighted by atomic mass is 79.9. The van der Waals surface area contributed by atoms with Crippen LogP contribution < -0.4 is 10.5 Å². The fraction of sp³-hybridized carbons (Fsp3) is 0.182. The second-order valence-corrected chi connectivity index (χ2v) is 7.78. The summed E-state index contributed by atoms with van der Waals surface area (Å²) in [6, 6.07) is 2.08. The van der Waals surface area contributed by atoms with Crippen LogP contribution in [0.5, 0.6) is 0 Å². The van der Waals surface area contributed by atoms with Gasteiger partial charge in [-0.3, -0.25) is 4.72 Å². The van der Waals surface area contributed by atoms with E-state index in [9.17, 15) is 12.8 Å². The number of benzene rings is 1. The monoisotopic (exact) mass is 379 g/mol. The lowest BCUT2D eigenvalue weighted by Crippen LogP contribution is -2.15. The number of anilines is 2. The summed E-state index contributed by atoms with van der Waals surface area (Å²) in [4.78, 5) is 4.43. The first-order valence-electron chi connectivity index (χ1n) is 5.42. The van der Waals surface area contributed by atoms with E-state index in [2.05, 4.69) is 25.6 Å². The summed E-state index contributed by atoms with van der Waals surface area (Å²) in [7, 11) is -4.06. The molecule has 20 heavy (non-hydrogen) atoms. The molecule has 0 saturated carbocycles. The molecule has 0 aliphatic heterocycles. The number of aryl methyl sites for hydroxylation is 2. The molecule has 0 aliphatic carbocycles. The third kappa shape index (κ3) is 2.94. The highest BCUT2D eigenvalue weighted by Gasteiger charge is 2.22. The first-order chi connectivity index (χ1) is 9.20. The molecule has 108 valence electrons. The van der Waals surface area contributed by atoms with Gasteiger partial charge >= 0.3 is 0 Å². The minimum absolute atomic E-state index is 0.137. The van der Waals surface area contributed by atoms with Crippen LogP contribution in [0.3, 0.4) is 0 Å². The molecule has 1 aromatic carbocycles. The Labute approximate surface area is 128 Å². The van der Waals surface area contributed by atoms with Gasteiger partial charge in [0.15, 0.2) is 5.13 Å². The van der Waals surface area contributed by atoms with Crippen molar-refractivity contribution >= 4 is 48.1 Å². The molecule has 0 saturated heterocycles. The Kier molecular flexibility index (Phi) is 4.03. The summed E-state index contributed by atoms with van der Waals surface area (Å²) in [5.74, 6) is -0.886. The van der Waals surface area contributed by atoms with Gasteiger partial charge in [-0.2, -0.15) is 0 Å². The van der Waals surface area contributed by atoms with Crippen LogP contribution in [0.4, 0.5) is 15.2 Å². The van der Waals surface area contributed by atoms with Crippen LogP contribution in [0.2, 0.25) is 0 Å². The van der Waals surface area contributed by atoms with Crippen molar-refractivity contribution in [2.75, 3.05) is 10.5 Å². The van der Waals surface area contributed by atoms with Gasteiger partial charge in [-0.1, -0.05) is 0 Å². The van der Waals surface area contributed by atoms with Crippen molar-refractivity contribution in [3.8, 4) is 0 Å². The lowest BCUT2D eigenvalue weighted by atomic mass is 10.3. The first kappa shape index (κ1) is 15.2. The number of thiazole rings is 1. The molecule has 0 spiro atoms. The maximum Gasteiger partial charge on any atom is 0.266 e. The molecule has 1 heterocycles. The van der Waals surface area contributed by atoms with Crippen LogP contribution in [0.25, 0.3) is 0 Å². The number of rotatable bonds is 3. The quantitative estimate of drug-likeness (QED) is 0.802. The van der Waals surface area contributed by atoms with Crippen LogP contribution in [0.15, 0.2) is 21.5 Å². The molecule has 0 amide bonds. The first-order valence-corrected chi connectivity index (χ1v) is 8.51. The smallest absolute Gasteiger partial charge is 0.266 e. The van der Waals surface area contributed by atoms with Crippen molar-refractivity contribution in [1.29, 1.82) is 0 Å². The van der Waals surface area contributed by atoms with Crippen molar-refractivity contribution in [3.05, 3.63) is 33.0 Å². The molecule has 0 fully saturated rings. The van der Waals surface area contributed by atoms with Crippen LogP contribution in [0, 0.1) is 19.7 Å². The maximum absolute atomic E-state index is 13.8. The average Bonchev–Trinajstić information content (AvgIpc) is 2.61. The number of nitrogens with two attached hydrogens (primary N) is 1. The summed E-state index contributed by atoms with van der Waals surface area (Å²) in [5.41, 5.74) is 6.45. The number of nitrogens with one attached hydrogen (secondary N) is 1. The van der Waals surface area contributed by atoms with Gasteiger partial charge in [0.2, 0.25) is 0 Å². The third-order valence-corrected chi connectivity index (χ3v) is 5.75. The molecule has 1 aromatic heterocycles. The summed E-state index contributed by atoms with van der Waals surface area (Å²) in [6.45, 7) is 3.59. The van der Waals surface area contributed by atoms with Crippen LogP contribution in [-0.2, 0) is 10.0 Å². The number of nitrogens with zero attached hydrogens (tertiary/aromatic N) is 1. The fourth-order valence-electron chi connectivity index (χ4n) is 1.44. The molecule has 2 rings (SSSR count). The van der Waals surface area contributed by atoms with Crippen molar-refractivity contribution in [3.63, 3.8) is 0 Å². The largest absolute Gasteiger partial charge is 0.398 e. The minimum Gasteiger partial charge on any atom is -0.398 e. The van der Waals surface area contributed by atoms with Gasteiger partial charge in [-0.05, 0) is 41.9 Å². The molecule has 2 aromatic rings. The van der Waals surface area contributed by atoms with E-state index in [4.69, 9.17) is 5.73 Å². The predicted molar refractivity (Wildman–Crippen MR) is 80.9 cm³/mol. The molecule has 0 radical (unpaired) electrons. The summed E-state index contributed by atoms with van der Waals surface area (Å²) in [6.07, 6.45) is 0. The Morgan fingerprint density at radius 3 is 2.60 bits per heavy atom. The van der Waals surface area contributed by atoms with Gasteiger partial charge in [0.25, 0.3) is 10.0 Å². The van der Waals surface area contributed by atoms with E-state index < -0.39 is 20.7 Å². The van der Waals surface area contributed by atoms with Crippen LogP contribution in [0.1, 0.15) is 10.6 Å². The molecule has 0 aliphatic rings. The Balaban J connectivity index is 2.43. The van der Waals surface area contributed by atoms with Gasteiger partial charge in [0.1, 0.15) is 10.7 Å². The van der Waals surface area contributed by atoms with Crippen molar-refractivity contribution in [2.24, 2.45) is 0 Å². The lowest BCUT2D eigenvalue weighted by Gasteiger charge is -2.08. The Morgan fingerprint density at radius 1 is 1.40 bits per heavy atom. The Hall–Kier alpha value is -1.19. The second-order valence-electron chi connectivity index (χ2n) is 4.07. The lowest BCUT2D eigenvalue weighted by molar-refractivity contribution is 0.570. The van der Waals surface area contributed by atoms with E-state index in [0.29, 0.717) is 4.47 Å². The summed E-state index contributed by atoms with van der Waals surface area (Å²) >= 11 is 4.22. The Morgan fingerprint density at radius 2 is 2.05 bits per heavy atom.